The van der Waals surface area contributed by atoms with Crippen molar-refractivity contribution in [3.63, 3.8) is 0 Å². The summed E-state index contributed by atoms with van der Waals surface area (Å²) in [5, 5.41) is 7.40. The fourth-order valence-electron chi connectivity index (χ4n) is 3.53. The summed E-state index contributed by atoms with van der Waals surface area (Å²) in [6, 6.07) is 7.87. The number of pyridine rings is 1. The molecule has 0 saturated carbocycles. The molecule has 2 unspecified atom stereocenters. The minimum atomic E-state index is -4.44. The van der Waals surface area contributed by atoms with Crippen LogP contribution in [-0.2, 0) is 0 Å². The highest BCUT2D eigenvalue weighted by Gasteiger charge is 2.46. The molecule has 0 spiro atoms. The summed E-state index contributed by atoms with van der Waals surface area (Å²) in [5.41, 5.74) is 1.83. The highest BCUT2D eigenvalue weighted by molar-refractivity contribution is 5.63. The predicted octanol–water partition coefficient (Wildman–Crippen LogP) is 4.62. The first-order chi connectivity index (χ1) is 13.9. The lowest BCUT2D eigenvalue weighted by Gasteiger charge is -2.33. The molecule has 0 saturated heterocycles. The largest absolute Gasteiger partial charge is 0.493 e. The number of methoxy groups -OCH3 is 2. The lowest BCUT2D eigenvalue weighted by molar-refractivity contribution is -0.173. The summed E-state index contributed by atoms with van der Waals surface area (Å²) < 4.78 is 53.1. The number of fused-ring (bicyclic) bond motifs is 1. The molecular weight excluding hydrogens is 385 g/mol. The molecular formula is C20H19F3N4O2. The maximum Gasteiger partial charge on any atom is 0.410 e. The van der Waals surface area contributed by atoms with Gasteiger partial charge in [-0.05, 0) is 29.8 Å². The van der Waals surface area contributed by atoms with Gasteiger partial charge in [0.25, 0.3) is 0 Å². The lowest BCUT2D eigenvalue weighted by atomic mass is 9.96. The number of benzene rings is 1. The Hall–Kier alpha value is -3.23. The van der Waals surface area contributed by atoms with E-state index in [4.69, 9.17) is 9.47 Å². The highest BCUT2D eigenvalue weighted by atomic mass is 19.4. The van der Waals surface area contributed by atoms with Crippen molar-refractivity contribution in [2.45, 2.75) is 24.7 Å². The standard InChI is InChI=1S/C20H19F3N4O2/c1-28-16-4-3-13(9-17(16)29-2)14-10-18(20(21,22)23)27-19(25-14)11-15(26-27)12-5-7-24-8-6-12/h3-9,11,14,18,25H,10H2,1-2H3. The molecule has 9 heteroatoms. The first-order valence-corrected chi connectivity index (χ1v) is 8.96. The van der Waals surface area contributed by atoms with Crippen LogP contribution in [0.3, 0.4) is 0 Å². The topological polar surface area (TPSA) is 61.2 Å². The van der Waals surface area contributed by atoms with Crippen LogP contribution in [0.2, 0.25) is 0 Å². The number of nitrogens with one attached hydrogen (secondary N) is 1. The van der Waals surface area contributed by atoms with Crippen LogP contribution in [0.15, 0.2) is 48.8 Å². The van der Waals surface area contributed by atoms with E-state index in [1.807, 2.05) is 0 Å². The number of alkyl halides is 3. The highest BCUT2D eigenvalue weighted by Crippen LogP contribution is 2.45. The van der Waals surface area contributed by atoms with E-state index in [1.165, 1.54) is 14.2 Å². The molecule has 0 aliphatic carbocycles. The maximum absolute atomic E-state index is 13.8. The fourth-order valence-corrected chi connectivity index (χ4v) is 3.53. The number of hydrogen-bond donors (Lipinski definition) is 1. The maximum atomic E-state index is 13.8. The van der Waals surface area contributed by atoms with Crippen molar-refractivity contribution in [2.24, 2.45) is 0 Å². The van der Waals surface area contributed by atoms with Crippen molar-refractivity contribution in [3.05, 3.63) is 54.4 Å². The number of rotatable bonds is 4. The van der Waals surface area contributed by atoms with Gasteiger partial charge in [0.1, 0.15) is 5.82 Å². The van der Waals surface area contributed by atoms with Crippen molar-refractivity contribution < 1.29 is 22.6 Å². The molecule has 0 radical (unpaired) electrons. The molecule has 2 aromatic heterocycles. The average molecular weight is 404 g/mol. The van der Waals surface area contributed by atoms with Crippen molar-refractivity contribution >= 4 is 5.82 Å². The van der Waals surface area contributed by atoms with E-state index < -0.39 is 18.3 Å². The first-order valence-electron chi connectivity index (χ1n) is 8.96. The van der Waals surface area contributed by atoms with Crippen molar-refractivity contribution in [1.29, 1.82) is 0 Å². The second kappa shape index (κ2) is 7.31. The van der Waals surface area contributed by atoms with Gasteiger partial charge in [0.05, 0.1) is 26.0 Å². The number of anilines is 1. The quantitative estimate of drug-likeness (QED) is 0.688. The van der Waals surface area contributed by atoms with Crippen LogP contribution in [-0.4, -0.2) is 35.2 Å². The number of ether oxygens (including phenoxy) is 2. The third-order valence-electron chi connectivity index (χ3n) is 4.98. The zero-order valence-electron chi connectivity index (χ0n) is 15.8. The van der Waals surface area contributed by atoms with Gasteiger partial charge < -0.3 is 14.8 Å². The molecule has 2 atom stereocenters. The molecule has 0 amide bonds. The Balaban J connectivity index is 1.74. The van der Waals surface area contributed by atoms with Gasteiger partial charge in [0.2, 0.25) is 0 Å². The Bertz CT molecular complexity index is 1000. The number of hydrogen-bond acceptors (Lipinski definition) is 5. The van der Waals surface area contributed by atoms with Crippen LogP contribution in [0.4, 0.5) is 19.0 Å². The molecule has 1 aliphatic rings. The SMILES string of the molecule is COc1ccc(C2CC(C(F)(F)F)n3nc(-c4ccncc4)cc3N2)cc1OC. The molecule has 3 heterocycles. The van der Waals surface area contributed by atoms with Gasteiger partial charge in [-0.15, -0.1) is 0 Å². The van der Waals surface area contributed by atoms with E-state index in [9.17, 15) is 13.2 Å². The van der Waals surface area contributed by atoms with Crippen LogP contribution in [0.25, 0.3) is 11.3 Å². The smallest absolute Gasteiger partial charge is 0.410 e. The summed E-state index contributed by atoms with van der Waals surface area (Å²) >= 11 is 0. The van der Waals surface area contributed by atoms with E-state index in [2.05, 4.69) is 15.4 Å². The molecule has 6 nitrogen and oxygen atoms in total. The van der Waals surface area contributed by atoms with Crippen LogP contribution in [0, 0.1) is 0 Å². The average Bonchev–Trinajstić information content (AvgIpc) is 3.16. The van der Waals surface area contributed by atoms with E-state index in [0.717, 1.165) is 4.68 Å². The fraction of sp³-hybridized carbons (Fsp3) is 0.300. The van der Waals surface area contributed by atoms with Gasteiger partial charge in [0.15, 0.2) is 17.5 Å². The molecule has 152 valence electrons. The molecule has 1 aromatic carbocycles. The Morgan fingerprint density at radius 2 is 1.76 bits per heavy atom. The Labute approximate surface area is 165 Å². The minimum Gasteiger partial charge on any atom is -0.493 e. The van der Waals surface area contributed by atoms with Crippen molar-refractivity contribution in [2.75, 3.05) is 19.5 Å². The predicted molar refractivity (Wildman–Crippen MR) is 101 cm³/mol. The summed E-state index contributed by atoms with van der Waals surface area (Å²) in [6.45, 7) is 0. The molecule has 3 aromatic rings. The van der Waals surface area contributed by atoms with Crippen LogP contribution in [0.5, 0.6) is 11.5 Å². The van der Waals surface area contributed by atoms with E-state index >= 15 is 0 Å². The zero-order chi connectivity index (χ0) is 20.6. The third-order valence-corrected chi connectivity index (χ3v) is 4.98. The normalized spacial score (nSPS) is 18.7. The van der Waals surface area contributed by atoms with E-state index in [1.54, 1.807) is 48.8 Å². The molecule has 1 N–H and O–H groups in total. The van der Waals surface area contributed by atoms with Crippen molar-refractivity contribution in [3.8, 4) is 22.8 Å². The third kappa shape index (κ3) is 3.59. The zero-order valence-corrected chi connectivity index (χ0v) is 15.8. The van der Waals surface area contributed by atoms with Crippen LogP contribution < -0.4 is 14.8 Å². The number of aromatic nitrogens is 3. The van der Waals surface area contributed by atoms with Crippen LogP contribution >= 0.6 is 0 Å². The molecule has 4 rings (SSSR count). The lowest BCUT2D eigenvalue weighted by Crippen LogP contribution is -2.35. The number of nitrogens with zero attached hydrogens (tertiary/aromatic N) is 3. The second-order valence-electron chi connectivity index (χ2n) is 6.70. The first kappa shape index (κ1) is 19.1. The van der Waals surface area contributed by atoms with Gasteiger partial charge in [-0.1, -0.05) is 6.07 Å². The summed E-state index contributed by atoms with van der Waals surface area (Å²) in [6.07, 6.45) is -1.47. The molecule has 0 bridgehead atoms. The Kier molecular flexibility index (Phi) is 4.81. The van der Waals surface area contributed by atoms with Gasteiger partial charge >= 0.3 is 6.18 Å². The summed E-state index contributed by atoms with van der Waals surface area (Å²) in [4.78, 5) is 3.94. The number of halogens is 3. The van der Waals surface area contributed by atoms with Gasteiger partial charge in [0, 0.05) is 30.4 Å². The van der Waals surface area contributed by atoms with Crippen LogP contribution in [0.1, 0.15) is 24.1 Å². The van der Waals surface area contributed by atoms with E-state index in [-0.39, 0.29) is 6.42 Å². The summed E-state index contributed by atoms with van der Waals surface area (Å²) in [5.74, 6) is 1.29. The van der Waals surface area contributed by atoms with Gasteiger partial charge in [-0.2, -0.15) is 18.3 Å². The van der Waals surface area contributed by atoms with Gasteiger partial charge in [-0.25, -0.2) is 4.68 Å². The van der Waals surface area contributed by atoms with E-state index in [0.29, 0.717) is 34.1 Å². The Morgan fingerprint density at radius 3 is 2.41 bits per heavy atom. The molecule has 29 heavy (non-hydrogen) atoms. The second-order valence-corrected chi connectivity index (χ2v) is 6.70. The molecule has 1 aliphatic heterocycles. The minimum absolute atomic E-state index is 0.191. The van der Waals surface area contributed by atoms with Gasteiger partial charge in [-0.3, -0.25) is 4.98 Å². The Morgan fingerprint density at radius 1 is 1.03 bits per heavy atom. The molecule has 0 fully saturated rings. The summed E-state index contributed by atoms with van der Waals surface area (Å²) in [7, 11) is 3.00. The van der Waals surface area contributed by atoms with Crippen molar-refractivity contribution in [1.82, 2.24) is 14.8 Å². The monoisotopic (exact) mass is 404 g/mol.